The summed E-state index contributed by atoms with van der Waals surface area (Å²) in [5.74, 6) is 1.58. The number of carbonyl (C=O) groups excluding carboxylic acids is 1. The lowest BCUT2D eigenvalue weighted by Crippen LogP contribution is -2.29. The SMILES string of the molecule is C=CCOc1ccc(C(=O)N2CCC(CN)C2)cc1OC. The van der Waals surface area contributed by atoms with Crippen LogP contribution in [0.2, 0.25) is 0 Å². The molecular formula is C16H22N2O3. The maximum atomic E-state index is 12.5. The van der Waals surface area contributed by atoms with Crippen LogP contribution in [-0.2, 0) is 0 Å². The molecule has 1 unspecified atom stereocenters. The first-order valence-corrected chi connectivity index (χ1v) is 7.10. The van der Waals surface area contributed by atoms with Crippen molar-refractivity contribution < 1.29 is 14.3 Å². The monoisotopic (exact) mass is 290 g/mol. The van der Waals surface area contributed by atoms with Crippen LogP contribution in [0.5, 0.6) is 11.5 Å². The number of amides is 1. The minimum atomic E-state index is 0.0134. The van der Waals surface area contributed by atoms with E-state index in [4.69, 9.17) is 15.2 Å². The summed E-state index contributed by atoms with van der Waals surface area (Å²) in [6, 6.07) is 5.24. The molecule has 2 rings (SSSR count). The van der Waals surface area contributed by atoms with E-state index in [1.165, 1.54) is 0 Å². The first-order valence-electron chi connectivity index (χ1n) is 7.10. The molecule has 114 valence electrons. The van der Waals surface area contributed by atoms with Gasteiger partial charge >= 0.3 is 0 Å². The van der Waals surface area contributed by atoms with Gasteiger partial charge in [-0.1, -0.05) is 12.7 Å². The van der Waals surface area contributed by atoms with Crippen LogP contribution in [0, 0.1) is 5.92 Å². The Morgan fingerprint density at radius 2 is 2.33 bits per heavy atom. The number of nitrogens with zero attached hydrogens (tertiary/aromatic N) is 1. The van der Waals surface area contributed by atoms with Gasteiger partial charge in [-0.05, 0) is 37.1 Å². The summed E-state index contributed by atoms with van der Waals surface area (Å²) >= 11 is 0. The van der Waals surface area contributed by atoms with Crippen LogP contribution in [0.1, 0.15) is 16.8 Å². The minimum absolute atomic E-state index is 0.0134. The van der Waals surface area contributed by atoms with Crippen LogP contribution >= 0.6 is 0 Å². The average molecular weight is 290 g/mol. The summed E-state index contributed by atoms with van der Waals surface area (Å²) in [7, 11) is 1.56. The molecule has 21 heavy (non-hydrogen) atoms. The molecule has 0 saturated carbocycles. The molecule has 0 spiro atoms. The number of likely N-dealkylation sites (tertiary alicyclic amines) is 1. The van der Waals surface area contributed by atoms with Crippen LogP contribution in [0.4, 0.5) is 0 Å². The number of rotatable bonds is 6. The van der Waals surface area contributed by atoms with Crippen molar-refractivity contribution in [1.29, 1.82) is 0 Å². The van der Waals surface area contributed by atoms with Crippen molar-refractivity contribution in [2.45, 2.75) is 6.42 Å². The molecule has 1 heterocycles. The summed E-state index contributed by atoms with van der Waals surface area (Å²) in [6.07, 6.45) is 2.63. The number of methoxy groups -OCH3 is 1. The fourth-order valence-corrected chi connectivity index (χ4v) is 2.46. The Morgan fingerprint density at radius 1 is 1.52 bits per heavy atom. The first kappa shape index (κ1) is 15.4. The third-order valence-corrected chi connectivity index (χ3v) is 3.67. The highest BCUT2D eigenvalue weighted by Crippen LogP contribution is 2.29. The zero-order valence-electron chi connectivity index (χ0n) is 12.4. The molecule has 1 aliphatic rings. The van der Waals surface area contributed by atoms with Gasteiger partial charge < -0.3 is 20.1 Å². The van der Waals surface area contributed by atoms with Gasteiger partial charge in [0.2, 0.25) is 0 Å². The number of ether oxygens (including phenoxy) is 2. The Kier molecular flexibility index (Phi) is 5.22. The molecule has 1 amide bonds. The van der Waals surface area contributed by atoms with E-state index in [1.807, 2.05) is 4.90 Å². The zero-order chi connectivity index (χ0) is 15.2. The van der Waals surface area contributed by atoms with E-state index in [0.717, 1.165) is 19.5 Å². The Balaban J connectivity index is 2.12. The van der Waals surface area contributed by atoms with E-state index in [9.17, 15) is 4.79 Å². The van der Waals surface area contributed by atoms with Crippen molar-refractivity contribution >= 4 is 5.91 Å². The molecule has 1 atom stereocenters. The number of carbonyl (C=O) groups is 1. The molecule has 0 aromatic heterocycles. The summed E-state index contributed by atoms with van der Waals surface area (Å²) in [5.41, 5.74) is 6.27. The third-order valence-electron chi connectivity index (χ3n) is 3.67. The fraction of sp³-hybridized carbons (Fsp3) is 0.438. The van der Waals surface area contributed by atoms with Crippen LogP contribution in [0.15, 0.2) is 30.9 Å². The molecule has 0 bridgehead atoms. The van der Waals surface area contributed by atoms with E-state index in [1.54, 1.807) is 31.4 Å². The van der Waals surface area contributed by atoms with E-state index in [-0.39, 0.29) is 5.91 Å². The van der Waals surface area contributed by atoms with Crippen molar-refractivity contribution in [3.63, 3.8) is 0 Å². The Bertz CT molecular complexity index is 516. The maximum Gasteiger partial charge on any atom is 0.254 e. The highest BCUT2D eigenvalue weighted by atomic mass is 16.5. The van der Waals surface area contributed by atoms with Gasteiger partial charge in [-0.2, -0.15) is 0 Å². The van der Waals surface area contributed by atoms with Gasteiger partial charge in [0.05, 0.1) is 7.11 Å². The molecule has 1 fully saturated rings. The summed E-state index contributed by atoms with van der Waals surface area (Å²) in [4.78, 5) is 14.3. The summed E-state index contributed by atoms with van der Waals surface area (Å²) in [5, 5.41) is 0. The predicted octanol–water partition coefficient (Wildman–Crippen LogP) is 1.68. The van der Waals surface area contributed by atoms with Gasteiger partial charge in [0.25, 0.3) is 5.91 Å². The average Bonchev–Trinajstić information content (AvgIpc) is 3.01. The van der Waals surface area contributed by atoms with Crippen LogP contribution in [-0.4, -0.2) is 44.2 Å². The van der Waals surface area contributed by atoms with E-state index < -0.39 is 0 Å². The second-order valence-electron chi connectivity index (χ2n) is 5.11. The smallest absolute Gasteiger partial charge is 0.254 e. The molecule has 1 aromatic rings. The van der Waals surface area contributed by atoms with Crippen LogP contribution in [0.3, 0.4) is 0 Å². The maximum absolute atomic E-state index is 12.5. The van der Waals surface area contributed by atoms with Crippen molar-refractivity contribution in [3.05, 3.63) is 36.4 Å². The molecule has 1 aromatic carbocycles. The number of nitrogens with two attached hydrogens (primary N) is 1. The van der Waals surface area contributed by atoms with Gasteiger partial charge in [0.1, 0.15) is 6.61 Å². The predicted molar refractivity (Wildman–Crippen MR) is 81.8 cm³/mol. The highest BCUT2D eigenvalue weighted by Gasteiger charge is 2.26. The minimum Gasteiger partial charge on any atom is -0.493 e. The number of benzene rings is 1. The molecule has 1 saturated heterocycles. The van der Waals surface area contributed by atoms with Crippen molar-refractivity contribution in [2.24, 2.45) is 11.7 Å². The van der Waals surface area contributed by atoms with Crippen molar-refractivity contribution in [1.82, 2.24) is 4.90 Å². The van der Waals surface area contributed by atoms with Crippen LogP contribution in [0.25, 0.3) is 0 Å². The van der Waals surface area contributed by atoms with E-state index >= 15 is 0 Å². The molecule has 2 N–H and O–H groups in total. The topological polar surface area (TPSA) is 64.8 Å². The molecule has 5 nitrogen and oxygen atoms in total. The Morgan fingerprint density at radius 3 is 2.95 bits per heavy atom. The third kappa shape index (κ3) is 3.55. The second kappa shape index (κ2) is 7.13. The highest BCUT2D eigenvalue weighted by molar-refractivity contribution is 5.95. The van der Waals surface area contributed by atoms with Gasteiger partial charge in [-0.3, -0.25) is 4.79 Å². The van der Waals surface area contributed by atoms with Gasteiger partial charge in [-0.15, -0.1) is 0 Å². The lowest BCUT2D eigenvalue weighted by atomic mass is 10.1. The molecular weight excluding hydrogens is 268 g/mol. The largest absolute Gasteiger partial charge is 0.493 e. The van der Waals surface area contributed by atoms with E-state index in [0.29, 0.717) is 36.1 Å². The lowest BCUT2D eigenvalue weighted by Gasteiger charge is -2.17. The number of hydrogen-bond acceptors (Lipinski definition) is 4. The summed E-state index contributed by atoms with van der Waals surface area (Å²) in [6.45, 7) is 6.12. The first-order chi connectivity index (χ1) is 10.2. The molecule has 1 aliphatic heterocycles. The lowest BCUT2D eigenvalue weighted by molar-refractivity contribution is 0.0787. The van der Waals surface area contributed by atoms with Gasteiger partial charge in [0.15, 0.2) is 11.5 Å². The van der Waals surface area contributed by atoms with Crippen LogP contribution < -0.4 is 15.2 Å². The quantitative estimate of drug-likeness (QED) is 0.810. The molecule has 0 radical (unpaired) electrons. The Labute approximate surface area is 125 Å². The summed E-state index contributed by atoms with van der Waals surface area (Å²) < 4.78 is 10.8. The fourth-order valence-electron chi connectivity index (χ4n) is 2.46. The van der Waals surface area contributed by atoms with E-state index in [2.05, 4.69) is 6.58 Å². The number of hydrogen-bond donors (Lipinski definition) is 1. The second-order valence-corrected chi connectivity index (χ2v) is 5.11. The Hall–Kier alpha value is -2.01. The molecule has 5 heteroatoms. The van der Waals surface area contributed by atoms with Gasteiger partial charge in [-0.25, -0.2) is 0 Å². The van der Waals surface area contributed by atoms with Crippen molar-refractivity contribution in [3.8, 4) is 11.5 Å². The standard InChI is InChI=1S/C16H22N2O3/c1-3-8-21-14-5-4-13(9-15(14)20-2)16(19)18-7-6-12(10-17)11-18/h3-5,9,12H,1,6-8,10-11,17H2,2H3. The van der Waals surface area contributed by atoms with Crippen molar-refractivity contribution in [2.75, 3.05) is 33.4 Å². The molecule has 0 aliphatic carbocycles. The zero-order valence-corrected chi connectivity index (χ0v) is 12.4. The van der Waals surface area contributed by atoms with Gasteiger partial charge in [0, 0.05) is 18.7 Å². The normalized spacial score (nSPS) is 17.6.